The topological polar surface area (TPSA) is 114 Å². The highest BCUT2D eigenvalue weighted by atomic mass is 32.2. The van der Waals surface area contributed by atoms with Gasteiger partial charge < -0.3 is 4.57 Å². The third kappa shape index (κ3) is 2.91. The largest absolute Gasteiger partial charge is 0.330 e. The molecule has 0 aliphatic rings. The van der Waals surface area contributed by atoms with Gasteiger partial charge in [-0.25, -0.2) is 13.2 Å². The predicted octanol–water partition coefficient (Wildman–Crippen LogP) is -1.34. The normalized spacial score (nSPS) is 12.2. The van der Waals surface area contributed by atoms with Crippen LogP contribution in [0, 0.1) is 11.3 Å². The molecule has 0 aromatic carbocycles. The van der Waals surface area contributed by atoms with Crippen LogP contribution in [-0.4, -0.2) is 23.1 Å². The summed E-state index contributed by atoms with van der Waals surface area (Å²) in [6, 6.07) is 1.76. The van der Waals surface area contributed by atoms with Crippen LogP contribution in [0.2, 0.25) is 0 Å². The lowest BCUT2D eigenvalue weighted by molar-refractivity contribution is 0.529. The van der Waals surface area contributed by atoms with Crippen molar-refractivity contribution < 1.29 is 8.42 Å². The zero-order valence-corrected chi connectivity index (χ0v) is 11.8. The molecule has 0 fully saturated rings. The third-order valence-electron chi connectivity index (χ3n) is 2.37. The van der Waals surface area contributed by atoms with Gasteiger partial charge in [0.05, 0.1) is 6.07 Å². The van der Waals surface area contributed by atoms with Gasteiger partial charge in [-0.1, -0.05) is 0 Å². The predicted molar refractivity (Wildman–Crippen MR) is 66.9 cm³/mol. The van der Waals surface area contributed by atoms with Gasteiger partial charge in [-0.2, -0.15) is 9.98 Å². The average Bonchev–Trinajstić information content (AvgIpc) is 2.29. The van der Waals surface area contributed by atoms with Crippen LogP contribution in [0.5, 0.6) is 0 Å². The van der Waals surface area contributed by atoms with Gasteiger partial charge in [-0.3, -0.25) is 9.36 Å². The summed E-state index contributed by atoms with van der Waals surface area (Å²) in [7, 11) is -1.68. The van der Waals surface area contributed by atoms with Gasteiger partial charge in [0, 0.05) is 20.3 Å². The summed E-state index contributed by atoms with van der Waals surface area (Å²) >= 11 is 0. The molecule has 1 N–H and O–H groups in total. The van der Waals surface area contributed by atoms with Crippen LogP contribution in [0.3, 0.4) is 0 Å². The standard InChI is InChI=1S/C10H14N4O4S/c1-10(2,6-11)12-19(17,18)7-5-13(3)9(16)14(4)8(7)15/h5,12H,1-4H3. The molecule has 0 radical (unpaired) electrons. The fraction of sp³-hybridized carbons (Fsp3) is 0.500. The summed E-state index contributed by atoms with van der Waals surface area (Å²) in [5.74, 6) is 0. The molecule has 1 aromatic rings. The minimum Gasteiger partial charge on any atom is -0.302 e. The molecule has 8 nitrogen and oxygen atoms in total. The smallest absolute Gasteiger partial charge is 0.302 e. The first-order valence-electron chi connectivity index (χ1n) is 5.24. The van der Waals surface area contributed by atoms with E-state index in [4.69, 9.17) is 5.26 Å². The highest BCUT2D eigenvalue weighted by Crippen LogP contribution is 2.07. The summed E-state index contributed by atoms with van der Waals surface area (Å²) < 4.78 is 27.9. The van der Waals surface area contributed by atoms with Crippen LogP contribution in [0.25, 0.3) is 0 Å². The van der Waals surface area contributed by atoms with Crippen LogP contribution in [0.15, 0.2) is 20.7 Å². The number of nitriles is 1. The minimum atomic E-state index is -4.19. The van der Waals surface area contributed by atoms with Gasteiger partial charge in [0.1, 0.15) is 5.54 Å². The quantitative estimate of drug-likeness (QED) is 0.739. The van der Waals surface area contributed by atoms with Crippen molar-refractivity contribution >= 4 is 10.0 Å². The number of rotatable bonds is 3. The van der Waals surface area contributed by atoms with E-state index >= 15 is 0 Å². The number of aryl methyl sites for hydroxylation is 1. The second-order valence-electron chi connectivity index (χ2n) is 4.59. The minimum absolute atomic E-state index is 0.583. The molecular weight excluding hydrogens is 272 g/mol. The first kappa shape index (κ1) is 15.1. The Morgan fingerprint density at radius 3 is 2.32 bits per heavy atom. The average molecular weight is 286 g/mol. The van der Waals surface area contributed by atoms with Gasteiger partial charge in [-0.05, 0) is 13.8 Å². The van der Waals surface area contributed by atoms with Crippen molar-refractivity contribution in [3.8, 4) is 6.07 Å². The Morgan fingerprint density at radius 2 is 1.84 bits per heavy atom. The van der Waals surface area contributed by atoms with Gasteiger partial charge in [0.2, 0.25) is 10.0 Å². The molecule has 0 saturated heterocycles. The highest BCUT2D eigenvalue weighted by molar-refractivity contribution is 7.89. The van der Waals surface area contributed by atoms with E-state index in [0.29, 0.717) is 4.57 Å². The molecule has 0 saturated carbocycles. The van der Waals surface area contributed by atoms with E-state index in [1.165, 1.54) is 27.9 Å². The molecule has 1 heterocycles. The lowest BCUT2D eigenvalue weighted by Gasteiger charge is -2.17. The molecule has 9 heteroatoms. The number of nitrogens with one attached hydrogen (secondary N) is 1. The van der Waals surface area contributed by atoms with E-state index in [9.17, 15) is 18.0 Å². The molecule has 0 atom stereocenters. The fourth-order valence-corrected chi connectivity index (χ4v) is 2.86. The van der Waals surface area contributed by atoms with Gasteiger partial charge >= 0.3 is 5.69 Å². The molecule has 0 bridgehead atoms. The molecule has 0 amide bonds. The molecule has 0 unspecified atom stereocenters. The molecule has 0 spiro atoms. The monoisotopic (exact) mass is 286 g/mol. The number of nitrogens with zero attached hydrogens (tertiary/aromatic N) is 3. The summed E-state index contributed by atoms with van der Waals surface area (Å²) in [6.07, 6.45) is 0.931. The Labute approximate surface area is 110 Å². The fourth-order valence-electron chi connectivity index (χ4n) is 1.37. The molecule has 1 aromatic heterocycles. The lowest BCUT2D eigenvalue weighted by atomic mass is 10.1. The second-order valence-corrected chi connectivity index (χ2v) is 6.24. The van der Waals surface area contributed by atoms with E-state index in [-0.39, 0.29) is 0 Å². The van der Waals surface area contributed by atoms with Crippen molar-refractivity contribution in [2.24, 2.45) is 14.1 Å². The van der Waals surface area contributed by atoms with Gasteiger partial charge in [0.15, 0.2) is 4.90 Å². The first-order chi connectivity index (χ1) is 8.52. The summed E-state index contributed by atoms with van der Waals surface area (Å²) in [4.78, 5) is 22.7. The van der Waals surface area contributed by atoms with Gasteiger partial charge in [-0.15, -0.1) is 0 Å². The molecule has 1 rings (SSSR count). The van der Waals surface area contributed by atoms with Crippen LogP contribution in [0.4, 0.5) is 0 Å². The van der Waals surface area contributed by atoms with Crippen LogP contribution in [-0.2, 0) is 24.1 Å². The van der Waals surface area contributed by atoms with Crippen molar-refractivity contribution in [2.45, 2.75) is 24.3 Å². The molecule has 104 valence electrons. The van der Waals surface area contributed by atoms with E-state index in [0.717, 1.165) is 10.8 Å². The molecule has 0 aliphatic heterocycles. The third-order valence-corrected chi connectivity index (χ3v) is 4.01. The zero-order valence-electron chi connectivity index (χ0n) is 11.0. The molecule has 0 aliphatic carbocycles. The number of aromatic nitrogens is 2. The van der Waals surface area contributed by atoms with Crippen molar-refractivity contribution in [3.63, 3.8) is 0 Å². The Kier molecular flexibility index (Phi) is 3.70. The highest BCUT2D eigenvalue weighted by Gasteiger charge is 2.29. The maximum absolute atomic E-state index is 12.1. The summed E-state index contributed by atoms with van der Waals surface area (Å²) in [5.41, 5.74) is -2.94. The van der Waals surface area contributed by atoms with Crippen LogP contribution < -0.4 is 16.0 Å². The van der Waals surface area contributed by atoms with E-state index in [1.807, 2.05) is 0 Å². The van der Waals surface area contributed by atoms with Crippen molar-refractivity contribution in [3.05, 3.63) is 27.0 Å². The van der Waals surface area contributed by atoms with E-state index < -0.39 is 31.7 Å². The first-order valence-corrected chi connectivity index (χ1v) is 6.72. The van der Waals surface area contributed by atoms with Crippen molar-refractivity contribution in [2.75, 3.05) is 0 Å². The Hall–Kier alpha value is -1.92. The summed E-state index contributed by atoms with van der Waals surface area (Å²) in [5, 5.41) is 8.81. The molecular formula is C10H14N4O4S. The lowest BCUT2D eigenvalue weighted by Crippen LogP contribution is -2.46. The van der Waals surface area contributed by atoms with Crippen molar-refractivity contribution in [1.29, 1.82) is 5.26 Å². The van der Waals surface area contributed by atoms with E-state index in [1.54, 1.807) is 6.07 Å². The number of sulfonamides is 1. The second kappa shape index (κ2) is 4.64. The van der Waals surface area contributed by atoms with Crippen molar-refractivity contribution in [1.82, 2.24) is 13.9 Å². The maximum Gasteiger partial charge on any atom is 0.330 e. The number of hydrogen-bond acceptors (Lipinski definition) is 5. The van der Waals surface area contributed by atoms with Gasteiger partial charge in [0.25, 0.3) is 5.56 Å². The maximum atomic E-state index is 12.1. The molecule has 19 heavy (non-hydrogen) atoms. The number of hydrogen-bond donors (Lipinski definition) is 1. The summed E-state index contributed by atoms with van der Waals surface area (Å²) in [6.45, 7) is 2.72. The van der Waals surface area contributed by atoms with Crippen LogP contribution in [0.1, 0.15) is 13.8 Å². The Balaban J connectivity index is 3.53. The Bertz CT molecular complexity index is 764. The zero-order chi connectivity index (χ0) is 15.0. The SMILES string of the molecule is Cn1cc(S(=O)(=O)NC(C)(C)C#N)c(=O)n(C)c1=O. The van der Waals surface area contributed by atoms with E-state index in [2.05, 4.69) is 4.72 Å². The Morgan fingerprint density at radius 1 is 1.32 bits per heavy atom. The van der Waals surface area contributed by atoms with Crippen LogP contribution >= 0.6 is 0 Å².